The summed E-state index contributed by atoms with van der Waals surface area (Å²) in [7, 11) is 0. The Hall–Kier alpha value is -1.61. The molecule has 0 N–H and O–H groups in total. The molecule has 2 unspecified atom stereocenters. The van der Waals surface area contributed by atoms with Crippen LogP contribution in [-0.4, -0.2) is 24.8 Å². The summed E-state index contributed by atoms with van der Waals surface area (Å²) in [4.78, 5) is 12.8. The third-order valence-electron chi connectivity index (χ3n) is 6.96. The van der Waals surface area contributed by atoms with E-state index in [4.69, 9.17) is 9.47 Å². The molecule has 25 heavy (non-hydrogen) atoms. The number of carbonyl (C=O) groups excluding carboxylic acids is 1. The van der Waals surface area contributed by atoms with E-state index in [0.717, 1.165) is 45.1 Å². The van der Waals surface area contributed by atoms with Gasteiger partial charge in [0.15, 0.2) is 0 Å². The van der Waals surface area contributed by atoms with E-state index >= 15 is 0 Å². The molecule has 1 saturated carbocycles. The van der Waals surface area contributed by atoms with Gasteiger partial charge in [-0.25, -0.2) is 0 Å². The summed E-state index contributed by atoms with van der Waals surface area (Å²) in [5.41, 5.74) is 4.32. The van der Waals surface area contributed by atoms with Crippen LogP contribution in [-0.2, 0) is 27.1 Å². The highest BCUT2D eigenvalue weighted by molar-refractivity contribution is 5.73. The Balaban J connectivity index is 1.37. The van der Waals surface area contributed by atoms with E-state index in [0.29, 0.717) is 5.92 Å². The Morgan fingerprint density at radius 1 is 1.24 bits per heavy atom. The molecule has 5 rings (SSSR count). The van der Waals surface area contributed by atoms with E-state index in [-0.39, 0.29) is 29.5 Å². The molecule has 1 heterocycles. The van der Waals surface area contributed by atoms with Gasteiger partial charge in [-0.05, 0) is 56.6 Å². The van der Waals surface area contributed by atoms with Crippen LogP contribution in [0.25, 0.3) is 0 Å². The third kappa shape index (κ3) is 2.47. The smallest absolute Gasteiger partial charge is 0.309 e. The van der Waals surface area contributed by atoms with Gasteiger partial charge in [-0.2, -0.15) is 0 Å². The topological polar surface area (TPSA) is 35.5 Å². The molecule has 132 valence electrons. The van der Waals surface area contributed by atoms with Gasteiger partial charge in [0.25, 0.3) is 0 Å². The molecular weight excluding hydrogens is 312 g/mol. The van der Waals surface area contributed by atoms with Crippen LogP contribution in [0.1, 0.15) is 43.7 Å². The van der Waals surface area contributed by atoms with Crippen LogP contribution in [0.4, 0.5) is 0 Å². The maximum atomic E-state index is 12.8. The molecule has 3 heteroatoms. The summed E-state index contributed by atoms with van der Waals surface area (Å²) in [6, 6.07) is 8.71. The average Bonchev–Trinajstić information content (AvgIpc) is 3.06. The Morgan fingerprint density at radius 3 is 2.60 bits per heavy atom. The van der Waals surface area contributed by atoms with Crippen LogP contribution < -0.4 is 0 Å². The molecule has 0 bridgehead atoms. The average molecular weight is 338 g/mol. The number of carbonyl (C=O) groups is 1. The molecule has 4 atom stereocenters. The number of esters is 1. The standard InChI is InChI=1S/C22H26O3/c1-14-6-8-15(9-7-14)21(23)25-20-19-18(13-24-19)12-22(20)10-16-4-2-3-5-17(16)11-22/h2-6,15,18-20H,7-13H2,1H3/t15?,18?,19-,20-/m1/s1. The molecule has 2 fully saturated rings. The molecule has 1 aliphatic heterocycles. The van der Waals surface area contributed by atoms with Crippen LogP contribution >= 0.6 is 0 Å². The molecule has 1 aromatic rings. The van der Waals surface area contributed by atoms with Gasteiger partial charge < -0.3 is 9.47 Å². The van der Waals surface area contributed by atoms with Gasteiger partial charge in [0.05, 0.1) is 12.5 Å². The lowest BCUT2D eigenvalue weighted by atomic mass is 9.80. The second-order valence-corrected chi connectivity index (χ2v) is 8.63. The van der Waals surface area contributed by atoms with Gasteiger partial charge in [0, 0.05) is 11.3 Å². The quantitative estimate of drug-likeness (QED) is 0.607. The molecular formula is C22H26O3. The molecule has 0 amide bonds. The van der Waals surface area contributed by atoms with Crippen molar-refractivity contribution in [1.82, 2.24) is 0 Å². The van der Waals surface area contributed by atoms with E-state index in [1.54, 1.807) is 0 Å². The van der Waals surface area contributed by atoms with Crippen molar-refractivity contribution in [1.29, 1.82) is 0 Å². The zero-order chi connectivity index (χ0) is 17.0. The van der Waals surface area contributed by atoms with Crippen LogP contribution in [0.5, 0.6) is 0 Å². The zero-order valence-electron chi connectivity index (χ0n) is 14.9. The second kappa shape index (κ2) is 5.70. The minimum absolute atomic E-state index is 0.000214. The zero-order valence-corrected chi connectivity index (χ0v) is 14.9. The summed E-state index contributed by atoms with van der Waals surface area (Å²) in [6.07, 6.45) is 8.22. The van der Waals surface area contributed by atoms with Crippen LogP contribution in [0.3, 0.4) is 0 Å². The molecule has 1 aromatic carbocycles. The lowest BCUT2D eigenvalue weighted by Gasteiger charge is -2.37. The summed E-state index contributed by atoms with van der Waals surface area (Å²) in [5.74, 6) is 0.601. The van der Waals surface area contributed by atoms with Crippen molar-refractivity contribution in [2.75, 3.05) is 6.61 Å². The van der Waals surface area contributed by atoms with E-state index in [1.165, 1.54) is 16.7 Å². The molecule has 4 aliphatic rings. The predicted octanol–water partition coefficient (Wildman–Crippen LogP) is 3.85. The van der Waals surface area contributed by atoms with Crippen molar-refractivity contribution in [2.45, 2.75) is 57.7 Å². The number of hydrogen-bond acceptors (Lipinski definition) is 3. The normalized spacial score (nSPS) is 34.8. The van der Waals surface area contributed by atoms with Crippen LogP contribution in [0.15, 0.2) is 35.9 Å². The summed E-state index contributed by atoms with van der Waals surface area (Å²) >= 11 is 0. The minimum atomic E-state index is -0.0712. The summed E-state index contributed by atoms with van der Waals surface area (Å²) < 4.78 is 12.1. The molecule has 0 radical (unpaired) electrons. The van der Waals surface area contributed by atoms with Gasteiger partial charge >= 0.3 is 5.97 Å². The maximum Gasteiger partial charge on any atom is 0.309 e. The molecule has 3 aliphatic carbocycles. The second-order valence-electron chi connectivity index (χ2n) is 8.63. The molecule has 3 nitrogen and oxygen atoms in total. The monoisotopic (exact) mass is 338 g/mol. The highest BCUT2D eigenvalue weighted by atomic mass is 16.6. The van der Waals surface area contributed by atoms with Gasteiger partial charge in [0.1, 0.15) is 12.2 Å². The van der Waals surface area contributed by atoms with Crippen molar-refractivity contribution in [3.63, 3.8) is 0 Å². The summed E-state index contributed by atoms with van der Waals surface area (Å²) in [5, 5.41) is 0. The first-order valence-electron chi connectivity index (χ1n) is 9.69. The van der Waals surface area contributed by atoms with Crippen molar-refractivity contribution in [3.05, 3.63) is 47.0 Å². The highest BCUT2D eigenvalue weighted by Gasteiger charge is 2.61. The third-order valence-corrected chi connectivity index (χ3v) is 6.96. The number of fused-ring (bicyclic) bond motifs is 2. The van der Waals surface area contributed by atoms with Crippen LogP contribution in [0, 0.1) is 17.3 Å². The first-order valence-corrected chi connectivity index (χ1v) is 9.69. The molecule has 1 saturated heterocycles. The van der Waals surface area contributed by atoms with E-state index in [1.807, 2.05) is 0 Å². The number of hydrogen-bond donors (Lipinski definition) is 0. The molecule has 1 spiro atoms. The first-order chi connectivity index (χ1) is 12.1. The van der Waals surface area contributed by atoms with Crippen molar-refractivity contribution < 1.29 is 14.3 Å². The number of benzene rings is 1. The Bertz CT molecular complexity index is 710. The first kappa shape index (κ1) is 15.6. The van der Waals surface area contributed by atoms with E-state index in [2.05, 4.69) is 37.3 Å². The van der Waals surface area contributed by atoms with Crippen molar-refractivity contribution >= 4 is 5.97 Å². The van der Waals surface area contributed by atoms with Gasteiger partial charge in [-0.3, -0.25) is 4.79 Å². The lowest BCUT2D eigenvalue weighted by Crippen LogP contribution is -2.47. The van der Waals surface area contributed by atoms with Gasteiger partial charge in [-0.1, -0.05) is 35.9 Å². The van der Waals surface area contributed by atoms with E-state index in [9.17, 15) is 4.79 Å². The molecule has 0 aromatic heterocycles. The SMILES string of the molecule is CC1=CCC(C(=O)O[C@@H]2[C@@H]3OCC3CC23Cc2ccccc2C3)CC1. The van der Waals surface area contributed by atoms with E-state index < -0.39 is 0 Å². The van der Waals surface area contributed by atoms with Gasteiger partial charge in [-0.15, -0.1) is 0 Å². The summed E-state index contributed by atoms with van der Waals surface area (Å²) in [6.45, 7) is 2.98. The largest absolute Gasteiger partial charge is 0.459 e. The van der Waals surface area contributed by atoms with Gasteiger partial charge in [0.2, 0.25) is 0 Å². The van der Waals surface area contributed by atoms with Crippen LogP contribution in [0.2, 0.25) is 0 Å². The minimum Gasteiger partial charge on any atom is -0.459 e. The number of rotatable bonds is 2. The predicted molar refractivity (Wildman–Crippen MR) is 95.1 cm³/mol. The lowest BCUT2D eigenvalue weighted by molar-refractivity contribution is -0.185. The fourth-order valence-corrected chi connectivity index (χ4v) is 5.50. The number of ether oxygens (including phenoxy) is 2. The van der Waals surface area contributed by atoms with Crippen molar-refractivity contribution in [2.24, 2.45) is 17.3 Å². The maximum absolute atomic E-state index is 12.8. The van der Waals surface area contributed by atoms with Crippen molar-refractivity contribution in [3.8, 4) is 0 Å². The Kier molecular flexibility index (Phi) is 3.56. The number of allylic oxidation sites excluding steroid dienone is 2. The Morgan fingerprint density at radius 2 is 2.00 bits per heavy atom. The Labute approximate surface area is 149 Å². The highest BCUT2D eigenvalue weighted by Crippen LogP contribution is 2.56. The fourth-order valence-electron chi connectivity index (χ4n) is 5.50. The fraction of sp³-hybridized carbons (Fsp3) is 0.591.